The van der Waals surface area contributed by atoms with E-state index in [1.807, 2.05) is 25.7 Å². The minimum absolute atomic E-state index is 0.0115. The molecule has 1 aliphatic heterocycles. The molecule has 30 heavy (non-hydrogen) atoms. The third kappa shape index (κ3) is 6.23. The van der Waals surface area contributed by atoms with Crippen LogP contribution in [0, 0.1) is 5.82 Å². The summed E-state index contributed by atoms with van der Waals surface area (Å²) in [6.07, 6.45) is -0.473. The molecule has 0 atom stereocenters. The van der Waals surface area contributed by atoms with E-state index < -0.39 is 23.4 Å². The van der Waals surface area contributed by atoms with E-state index in [0.29, 0.717) is 31.9 Å². The van der Waals surface area contributed by atoms with Gasteiger partial charge in [0, 0.05) is 38.4 Å². The lowest BCUT2D eigenvalue weighted by atomic mass is 10.2. The highest BCUT2D eigenvalue weighted by Gasteiger charge is 2.26. The van der Waals surface area contributed by atoms with Gasteiger partial charge in [0.15, 0.2) is 0 Å². The molecule has 3 amide bonds. The zero-order chi connectivity index (χ0) is 22.5. The Bertz CT molecular complexity index is 788. The van der Waals surface area contributed by atoms with Gasteiger partial charge in [0.2, 0.25) is 0 Å². The summed E-state index contributed by atoms with van der Waals surface area (Å²) in [7, 11) is 1.23. The second-order valence-electron chi connectivity index (χ2n) is 7.91. The van der Waals surface area contributed by atoms with Gasteiger partial charge in [-0.15, -0.1) is 0 Å². The molecule has 1 aromatic rings. The first-order valence-corrected chi connectivity index (χ1v) is 9.68. The molecule has 0 aromatic heterocycles. The van der Waals surface area contributed by atoms with E-state index in [9.17, 15) is 18.8 Å². The Morgan fingerprint density at radius 2 is 1.80 bits per heavy atom. The van der Waals surface area contributed by atoms with Crippen LogP contribution in [0.2, 0.25) is 0 Å². The molecule has 0 spiro atoms. The number of carbonyl (C=O) groups excluding carboxylic acids is 3. The van der Waals surface area contributed by atoms with Gasteiger partial charge in [0.1, 0.15) is 11.4 Å². The molecule has 166 valence electrons. The van der Waals surface area contributed by atoms with E-state index >= 15 is 0 Å². The normalized spacial score (nSPS) is 14.3. The molecular formula is C20H29FN4O5. The zero-order valence-corrected chi connectivity index (χ0v) is 17.8. The SMILES string of the molecule is COC(=O)CCN(C(N)=O)c1ccc(N2CCN(C(=O)OC(C)(C)C)CC2)cc1F. The summed E-state index contributed by atoms with van der Waals surface area (Å²) in [5.74, 6) is -1.16. The van der Waals surface area contributed by atoms with E-state index in [2.05, 4.69) is 4.74 Å². The Morgan fingerprint density at radius 1 is 1.17 bits per heavy atom. The predicted molar refractivity (Wildman–Crippen MR) is 110 cm³/mol. The first-order chi connectivity index (χ1) is 14.0. The second-order valence-corrected chi connectivity index (χ2v) is 7.91. The maximum Gasteiger partial charge on any atom is 0.410 e. The van der Waals surface area contributed by atoms with Gasteiger partial charge in [0.05, 0.1) is 19.2 Å². The molecule has 10 heteroatoms. The highest BCUT2D eigenvalue weighted by atomic mass is 19.1. The van der Waals surface area contributed by atoms with Crippen LogP contribution in [0.15, 0.2) is 18.2 Å². The molecular weight excluding hydrogens is 395 g/mol. The summed E-state index contributed by atoms with van der Waals surface area (Å²) in [5.41, 5.74) is 5.39. The van der Waals surface area contributed by atoms with E-state index in [1.54, 1.807) is 11.0 Å². The van der Waals surface area contributed by atoms with Crippen LogP contribution < -0.4 is 15.5 Å². The number of nitrogens with two attached hydrogens (primary N) is 1. The number of urea groups is 1. The highest BCUT2D eigenvalue weighted by molar-refractivity contribution is 5.91. The topological polar surface area (TPSA) is 105 Å². The van der Waals surface area contributed by atoms with Crippen molar-refractivity contribution in [2.24, 2.45) is 5.73 Å². The molecule has 1 aliphatic rings. The van der Waals surface area contributed by atoms with Crippen LogP contribution in [0.1, 0.15) is 27.2 Å². The molecule has 1 heterocycles. The fourth-order valence-corrected chi connectivity index (χ4v) is 3.04. The third-order valence-corrected chi connectivity index (χ3v) is 4.55. The van der Waals surface area contributed by atoms with Crippen molar-refractivity contribution in [1.29, 1.82) is 0 Å². The van der Waals surface area contributed by atoms with Crippen molar-refractivity contribution in [2.45, 2.75) is 32.8 Å². The van der Waals surface area contributed by atoms with Crippen molar-refractivity contribution in [3.8, 4) is 0 Å². The number of anilines is 2. The van der Waals surface area contributed by atoms with Gasteiger partial charge in [-0.25, -0.2) is 14.0 Å². The smallest absolute Gasteiger partial charge is 0.410 e. The standard InChI is InChI=1S/C20H29FN4O5/c1-20(2,3)30-19(28)24-11-9-23(10-12-24)14-5-6-16(15(21)13-14)25(18(22)27)8-7-17(26)29-4/h5-6,13H,7-12H2,1-4H3,(H2,22,27). The van der Waals surface area contributed by atoms with Gasteiger partial charge in [-0.1, -0.05) is 0 Å². The van der Waals surface area contributed by atoms with Crippen molar-refractivity contribution < 1.29 is 28.2 Å². The Morgan fingerprint density at radius 3 is 2.30 bits per heavy atom. The van der Waals surface area contributed by atoms with Crippen molar-refractivity contribution in [1.82, 2.24) is 4.90 Å². The van der Waals surface area contributed by atoms with Crippen molar-refractivity contribution >= 4 is 29.5 Å². The molecule has 0 aliphatic carbocycles. The van der Waals surface area contributed by atoms with Crippen LogP contribution in [0.25, 0.3) is 0 Å². The number of halogens is 1. The molecule has 1 saturated heterocycles. The number of hydrogen-bond acceptors (Lipinski definition) is 6. The molecule has 0 bridgehead atoms. The maximum atomic E-state index is 14.7. The minimum Gasteiger partial charge on any atom is -0.469 e. The Balaban J connectivity index is 2.04. The zero-order valence-electron chi connectivity index (χ0n) is 17.8. The molecule has 0 radical (unpaired) electrons. The molecule has 0 unspecified atom stereocenters. The first kappa shape index (κ1) is 23.2. The summed E-state index contributed by atoms with van der Waals surface area (Å²) in [5, 5.41) is 0. The van der Waals surface area contributed by atoms with Crippen LogP contribution in [0.3, 0.4) is 0 Å². The number of carbonyl (C=O) groups is 3. The lowest BCUT2D eigenvalue weighted by Crippen LogP contribution is -2.50. The lowest BCUT2D eigenvalue weighted by molar-refractivity contribution is -0.140. The number of methoxy groups -OCH3 is 1. The second kappa shape index (κ2) is 9.64. The lowest BCUT2D eigenvalue weighted by Gasteiger charge is -2.37. The number of primary amides is 1. The molecule has 9 nitrogen and oxygen atoms in total. The summed E-state index contributed by atoms with van der Waals surface area (Å²) < 4.78 is 24.7. The Hall–Kier alpha value is -3.04. The van der Waals surface area contributed by atoms with Crippen molar-refractivity contribution in [3.63, 3.8) is 0 Å². The maximum absolute atomic E-state index is 14.7. The minimum atomic E-state index is -0.864. The number of hydrogen-bond donors (Lipinski definition) is 1. The van der Waals surface area contributed by atoms with E-state index in [0.717, 1.165) is 4.90 Å². The van der Waals surface area contributed by atoms with Gasteiger partial charge in [-0.2, -0.15) is 0 Å². The molecule has 0 saturated carbocycles. The Labute approximate surface area is 175 Å². The summed E-state index contributed by atoms with van der Waals surface area (Å²) in [6, 6.07) is 3.58. The highest BCUT2D eigenvalue weighted by Crippen LogP contribution is 2.26. The largest absolute Gasteiger partial charge is 0.469 e. The quantitative estimate of drug-likeness (QED) is 0.728. The van der Waals surface area contributed by atoms with Gasteiger partial charge >= 0.3 is 18.1 Å². The molecule has 2 rings (SSSR count). The van der Waals surface area contributed by atoms with Gasteiger partial charge in [-0.05, 0) is 39.0 Å². The molecule has 1 aromatic carbocycles. The summed E-state index contributed by atoms with van der Waals surface area (Å²) >= 11 is 0. The van der Waals surface area contributed by atoms with Crippen LogP contribution in [0.4, 0.5) is 25.4 Å². The Kier molecular flexibility index (Phi) is 7.47. The molecule has 2 N–H and O–H groups in total. The molecule has 1 fully saturated rings. The number of rotatable bonds is 5. The number of benzene rings is 1. The predicted octanol–water partition coefficient (Wildman–Crippen LogP) is 2.33. The average molecular weight is 424 g/mol. The first-order valence-electron chi connectivity index (χ1n) is 9.68. The summed E-state index contributed by atoms with van der Waals surface area (Å²) in [6.45, 7) is 7.27. The van der Waals surface area contributed by atoms with Crippen LogP contribution in [-0.2, 0) is 14.3 Å². The van der Waals surface area contributed by atoms with Crippen molar-refractivity contribution in [3.05, 3.63) is 24.0 Å². The van der Waals surface area contributed by atoms with Crippen LogP contribution in [0.5, 0.6) is 0 Å². The van der Waals surface area contributed by atoms with Crippen LogP contribution in [-0.4, -0.2) is 68.4 Å². The van der Waals surface area contributed by atoms with Crippen LogP contribution >= 0.6 is 0 Å². The number of nitrogens with zero attached hydrogens (tertiary/aromatic N) is 3. The monoisotopic (exact) mass is 424 g/mol. The van der Waals surface area contributed by atoms with Gasteiger partial charge in [-0.3, -0.25) is 9.69 Å². The van der Waals surface area contributed by atoms with E-state index in [1.165, 1.54) is 19.2 Å². The van der Waals surface area contributed by atoms with Gasteiger partial charge < -0.3 is 25.0 Å². The number of esters is 1. The fraction of sp³-hybridized carbons (Fsp3) is 0.550. The number of ether oxygens (including phenoxy) is 2. The number of amides is 3. The van der Waals surface area contributed by atoms with Crippen molar-refractivity contribution in [2.75, 3.05) is 49.6 Å². The number of piperazine rings is 1. The van der Waals surface area contributed by atoms with Gasteiger partial charge in [0.25, 0.3) is 0 Å². The van der Waals surface area contributed by atoms with E-state index in [-0.39, 0.29) is 24.7 Å². The van der Waals surface area contributed by atoms with E-state index in [4.69, 9.17) is 10.5 Å². The average Bonchev–Trinajstić information content (AvgIpc) is 2.67. The summed E-state index contributed by atoms with van der Waals surface area (Å²) in [4.78, 5) is 39.8. The third-order valence-electron chi connectivity index (χ3n) is 4.55. The fourth-order valence-electron chi connectivity index (χ4n) is 3.04.